The standard InChI is InChI=1S/2C6H7Cl.2C6H6Cl.C6H5Cl.C6H6.H2O/c5*7-6-4-2-1-3-5-6;1-2-4-6-5-3-1;/h2*2-6H,1H2;2-5H,1H2;1-6H;1-5H;1-6H;1H2/q;;2*-1;;;/p+1. The van der Waals surface area contributed by atoms with Gasteiger partial charge in [-0.15, -0.1) is 52.0 Å². The largest absolute Gasteiger partial charge is 1.00 e. The summed E-state index contributed by atoms with van der Waals surface area (Å²) < 4.78 is 0. The highest BCUT2D eigenvalue weighted by Gasteiger charge is 1.93. The molecule has 0 saturated carbocycles. The van der Waals surface area contributed by atoms with E-state index >= 15 is 0 Å². The number of allylic oxidation sites excluding steroid dienone is 16. The molecule has 0 spiro atoms. The van der Waals surface area contributed by atoms with Crippen LogP contribution >= 0.6 is 58.0 Å². The van der Waals surface area contributed by atoms with Gasteiger partial charge in [0.05, 0.1) is 10.8 Å². The summed E-state index contributed by atoms with van der Waals surface area (Å²) in [4.78, 5) is 0. The van der Waals surface area contributed by atoms with Crippen LogP contribution in [0.5, 0.6) is 0 Å². The maximum absolute atomic E-state index is 5.64. The van der Waals surface area contributed by atoms with Gasteiger partial charge in [-0.25, -0.2) is 24.1 Å². The lowest BCUT2D eigenvalue weighted by Gasteiger charge is -2.07. The minimum atomic E-state index is 0. The first-order chi connectivity index (χ1) is 20.0. The smallest absolute Gasteiger partial charge is 0.870 e. The molecule has 4 aliphatic carbocycles. The zero-order valence-electron chi connectivity index (χ0n) is 25.4. The van der Waals surface area contributed by atoms with Crippen LogP contribution in [0.3, 0.4) is 0 Å². The molecule has 0 unspecified atom stereocenters. The Kier molecular flexibility index (Phi) is 26.9. The third-order valence-corrected chi connectivity index (χ3v) is 6.24. The van der Waals surface area contributed by atoms with Gasteiger partial charge in [-0.3, -0.25) is 0 Å². The van der Waals surface area contributed by atoms with Crippen molar-refractivity contribution in [3.05, 3.63) is 181 Å². The average molecular weight is 666 g/mol. The summed E-state index contributed by atoms with van der Waals surface area (Å²) in [5.41, 5.74) is 0. The lowest BCUT2D eigenvalue weighted by atomic mass is 10.2. The van der Waals surface area contributed by atoms with E-state index in [4.69, 9.17) is 58.0 Å². The van der Waals surface area contributed by atoms with Gasteiger partial charge in [-0.1, -0.05) is 121 Å². The van der Waals surface area contributed by atoms with Crippen LogP contribution in [-0.4, -0.2) is 21.6 Å². The summed E-state index contributed by atoms with van der Waals surface area (Å²) in [5, 5.41) is 2.03. The van der Waals surface area contributed by atoms with Crippen molar-refractivity contribution in [3.8, 4) is 0 Å². The van der Waals surface area contributed by atoms with Crippen molar-refractivity contribution in [3.63, 3.8) is 0 Å². The van der Waals surface area contributed by atoms with Crippen molar-refractivity contribution < 1.29 is 8.33 Å². The average Bonchev–Trinajstić information content (AvgIpc) is 3.02. The highest BCUT2D eigenvalue weighted by molar-refractivity contribution is 6.31. The maximum atomic E-state index is 5.64. The molecule has 0 saturated heterocycles. The van der Waals surface area contributed by atoms with Gasteiger partial charge in [-0.05, 0) is 30.4 Å². The molecule has 42 heavy (non-hydrogen) atoms. The first-order valence-corrected chi connectivity index (χ1v) is 15.4. The van der Waals surface area contributed by atoms with Gasteiger partial charge in [-0.2, -0.15) is 30.7 Å². The summed E-state index contributed by atoms with van der Waals surface area (Å²) in [6.07, 6.45) is 36.9. The number of hydrogen-bond acceptors (Lipinski definition) is 1. The zero-order chi connectivity index (χ0) is 29.8. The molecule has 1 N–H and O–H groups in total. The van der Waals surface area contributed by atoms with Crippen molar-refractivity contribution in [1.82, 2.24) is 0 Å². The minimum absolute atomic E-state index is 0. The molecular weight excluding hydrogens is 626 g/mol. The Hall–Kier alpha value is -2.49. The Bertz CT molecular complexity index is 1010. The second-order valence-corrected chi connectivity index (χ2v) is 10.7. The highest BCUT2D eigenvalue weighted by Crippen LogP contribution is 2.11. The SMILES string of the molecule is ClC1=C[CH-]CC=C1.ClC1C=CCC=C1.ClC1C=CCC=C1.ClC1C=C[CH-]C=C1.Clc1ccccc1.[H+].[H+].[OH-].c1ccccc1. The molecule has 0 atom stereocenters. The van der Waals surface area contributed by atoms with Crippen molar-refractivity contribution in [2.75, 3.05) is 0 Å². The van der Waals surface area contributed by atoms with Gasteiger partial charge in [0.25, 0.3) is 0 Å². The number of halogens is 5. The molecule has 0 aliphatic heterocycles. The Balaban J connectivity index is -0.000000453. The predicted octanol–water partition coefficient (Wildman–Crippen LogP) is 12.5. The van der Waals surface area contributed by atoms with E-state index in [0.29, 0.717) is 0 Å². The van der Waals surface area contributed by atoms with E-state index < -0.39 is 0 Å². The Labute approximate surface area is 281 Å². The maximum Gasteiger partial charge on any atom is 1.00 e. The zero-order valence-corrected chi connectivity index (χ0v) is 27.1. The molecule has 2 aromatic carbocycles. The third-order valence-electron chi connectivity index (χ3n) is 4.86. The molecule has 6 heteroatoms. The Morgan fingerprint density at radius 3 is 1.19 bits per heavy atom. The first-order valence-electron chi connectivity index (χ1n) is 13.3. The molecule has 226 valence electrons. The number of rotatable bonds is 0. The van der Waals surface area contributed by atoms with Gasteiger partial charge in [0, 0.05) is 5.02 Å². The van der Waals surface area contributed by atoms with Gasteiger partial charge in [0.15, 0.2) is 0 Å². The van der Waals surface area contributed by atoms with Gasteiger partial charge < -0.3 is 5.48 Å². The normalized spacial score (nSPS) is 15.8. The van der Waals surface area contributed by atoms with Crippen molar-refractivity contribution >= 4 is 58.0 Å². The molecule has 0 amide bonds. The number of benzene rings is 2. The third kappa shape index (κ3) is 26.4. The number of hydrogen-bond donors (Lipinski definition) is 0. The van der Waals surface area contributed by atoms with Crippen LogP contribution in [0.25, 0.3) is 0 Å². The second kappa shape index (κ2) is 28.6. The molecule has 2 aromatic rings. The van der Waals surface area contributed by atoms with E-state index in [2.05, 4.69) is 24.3 Å². The lowest BCUT2D eigenvalue weighted by molar-refractivity contribution is 0.824. The lowest BCUT2D eigenvalue weighted by Crippen LogP contribution is -1.88. The van der Waals surface area contributed by atoms with Crippen LogP contribution in [-0.2, 0) is 0 Å². The monoisotopic (exact) mass is 663 g/mol. The summed E-state index contributed by atoms with van der Waals surface area (Å²) in [5.74, 6) is 0. The molecular formula is C36H40Cl5O-. The molecule has 0 heterocycles. The second-order valence-electron chi connectivity index (χ2n) is 8.36. The molecule has 0 bridgehead atoms. The predicted molar refractivity (Wildman–Crippen MR) is 191 cm³/mol. The van der Waals surface area contributed by atoms with Gasteiger partial charge >= 0.3 is 2.85 Å². The molecule has 0 radical (unpaired) electrons. The van der Waals surface area contributed by atoms with Crippen molar-refractivity contribution in [2.24, 2.45) is 0 Å². The summed E-state index contributed by atoms with van der Waals surface area (Å²) in [7, 11) is 0. The van der Waals surface area contributed by atoms with E-state index in [1.54, 1.807) is 0 Å². The molecule has 0 fully saturated rings. The summed E-state index contributed by atoms with van der Waals surface area (Å²) in [6.45, 7) is 0. The minimum Gasteiger partial charge on any atom is -0.870 e. The molecule has 6 rings (SSSR count). The fourth-order valence-electron chi connectivity index (χ4n) is 2.88. The fraction of sp³-hybridized carbons (Fsp3) is 0.167. The highest BCUT2D eigenvalue weighted by atomic mass is 35.5. The Morgan fingerprint density at radius 2 is 0.976 bits per heavy atom. The quantitative estimate of drug-likeness (QED) is 0.156. The van der Waals surface area contributed by atoms with Gasteiger partial charge in [0.1, 0.15) is 0 Å². The van der Waals surface area contributed by atoms with E-state index in [-0.39, 0.29) is 24.5 Å². The summed E-state index contributed by atoms with van der Waals surface area (Å²) >= 11 is 28.0. The van der Waals surface area contributed by atoms with Gasteiger partial charge in [0.2, 0.25) is 0 Å². The fourth-order valence-corrected chi connectivity index (χ4v) is 3.79. The van der Waals surface area contributed by atoms with Crippen LogP contribution in [0, 0.1) is 12.8 Å². The first kappa shape index (κ1) is 39.5. The van der Waals surface area contributed by atoms with Crippen LogP contribution in [0.1, 0.15) is 22.1 Å². The molecule has 0 aromatic heterocycles. The van der Waals surface area contributed by atoms with Crippen LogP contribution < -0.4 is 0 Å². The van der Waals surface area contributed by atoms with E-state index in [9.17, 15) is 0 Å². The van der Waals surface area contributed by atoms with Crippen molar-refractivity contribution in [1.29, 1.82) is 0 Å². The van der Waals surface area contributed by atoms with Crippen LogP contribution in [0.2, 0.25) is 5.02 Å². The van der Waals surface area contributed by atoms with Crippen LogP contribution in [0.15, 0.2) is 163 Å². The molecule has 4 aliphatic rings. The van der Waals surface area contributed by atoms with E-state index in [1.165, 1.54) is 0 Å². The molecule has 1 nitrogen and oxygen atoms in total. The van der Waals surface area contributed by atoms with E-state index in [1.807, 2.05) is 146 Å². The number of alkyl halides is 3. The van der Waals surface area contributed by atoms with Crippen molar-refractivity contribution in [2.45, 2.75) is 35.4 Å². The Morgan fingerprint density at radius 1 is 0.571 bits per heavy atom. The topological polar surface area (TPSA) is 30.0 Å². The summed E-state index contributed by atoms with van der Waals surface area (Å²) in [6, 6.07) is 21.4. The van der Waals surface area contributed by atoms with E-state index in [0.717, 1.165) is 29.3 Å². The van der Waals surface area contributed by atoms with Crippen LogP contribution in [0.4, 0.5) is 0 Å².